The molecule has 0 fully saturated rings. The number of hydrogen-bond acceptors (Lipinski definition) is 4. The molecule has 0 atom stereocenters. The Morgan fingerprint density at radius 2 is 2.50 bits per heavy atom. The summed E-state index contributed by atoms with van der Waals surface area (Å²) in [4.78, 5) is 0. The van der Waals surface area contributed by atoms with E-state index < -0.39 is 0 Å². The minimum Gasteiger partial charge on any atom is -0.391 e. The maximum atomic E-state index is 8.83. The first-order chi connectivity index (χ1) is 5.88. The first kappa shape index (κ1) is 9.22. The van der Waals surface area contributed by atoms with Crippen LogP contribution < -0.4 is 0 Å². The van der Waals surface area contributed by atoms with Crippen LogP contribution in [0.5, 0.6) is 0 Å². The summed E-state index contributed by atoms with van der Waals surface area (Å²) in [6.07, 6.45) is 3.20. The first-order valence-electron chi connectivity index (χ1n) is 3.90. The lowest BCUT2D eigenvalue weighted by Crippen LogP contribution is -1.94. The molecule has 0 saturated heterocycles. The molecule has 0 aliphatic heterocycles. The molecule has 0 amide bonds. The van der Waals surface area contributed by atoms with Crippen LogP contribution in [0, 0.1) is 0 Å². The molecule has 0 spiro atoms. The van der Waals surface area contributed by atoms with Gasteiger partial charge >= 0.3 is 0 Å². The number of aliphatic hydroxyl groups is 1. The third kappa shape index (κ3) is 2.32. The molecular weight excluding hydrogens is 158 g/mol. The third-order valence-electron chi connectivity index (χ3n) is 1.65. The van der Waals surface area contributed by atoms with Gasteiger partial charge in [-0.1, -0.05) is 5.16 Å². The smallest absolute Gasteiger partial charge is 0.142 e. The molecule has 0 unspecified atom stereocenters. The average molecular weight is 171 g/mol. The Morgan fingerprint density at radius 3 is 3.17 bits per heavy atom. The maximum absolute atomic E-state index is 8.83. The van der Waals surface area contributed by atoms with E-state index in [9.17, 15) is 0 Å². The molecule has 1 heterocycles. The molecule has 12 heavy (non-hydrogen) atoms. The van der Waals surface area contributed by atoms with Crippen molar-refractivity contribution in [3.8, 4) is 0 Å². The monoisotopic (exact) mass is 171 g/mol. The van der Waals surface area contributed by atoms with Crippen LogP contribution in [0.15, 0.2) is 10.7 Å². The minimum absolute atomic E-state index is 0.00812. The molecule has 1 rings (SSSR count). The Labute approximate surface area is 71.1 Å². The van der Waals surface area contributed by atoms with Gasteiger partial charge in [0.05, 0.1) is 12.8 Å². The van der Waals surface area contributed by atoms with E-state index in [4.69, 9.17) is 14.4 Å². The topological polar surface area (TPSA) is 55.5 Å². The Kier molecular flexibility index (Phi) is 3.76. The van der Waals surface area contributed by atoms with E-state index in [-0.39, 0.29) is 6.61 Å². The van der Waals surface area contributed by atoms with Crippen molar-refractivity contribution < 1.29 is 14.4 Å². The first-order valence-corrected chi connectivity index (χ1v) is 3.90. The lowest BCUT2D eigenvalue weighted by Gasteiger charge is -1.97. The summed E-state index contributed by atoms with van der Waals surface area (Å²) in [5, 5.41) is 12.4. The van der Waals surface area contributed by atoms with Crippen LogP contribution >= 0.6 is 0 Å². The average Bonchev–Trinajstić information content (AvgIpc) is 2.52. The number of methoxy groups -OCH3 is 1. The number of hydrogen-bond donors (Lipinski definition) is 1. The highest BCUT2D eigenvalue weighted by molar-refractivity contribution is 5.11. The van der Waals surface area contributed by atoms with Crippen molar-refractivity contribution in [3.63, 3.8) is 0 Å². The summed E-state index contributed by atoms with van der Waals surface area (Å²) in [5.41, 5.74) is 0.770. The van der Waals surface area contributed by atoms with Crippen LogP contribution in [-0.4, -0.2) is 24.0 Å². The van der Waals surface area contributed by atoms with Crippen LogP contribution in [0.1, 0.15) is 17.7 Å². The number of aryl methyl sites for hydroxylation is 1. The largest absolute Gasteiger partial charge is 0.391 e. The van der Waals surface area contributed by atoms with E-state index in [1.165, 1.54) is 0 Å². The van der Waals surface area contributed by atoms with Crippen LogP contribution in [0.3, 0.4) is 0 Å². The summed E-state index contributed by atoms with van der Waals surface area (Å²) in [5.74, 6) is 0.759. The van der Waals surface area contributed by atoms with Crippen molar-refractivity contribution in [2.24, 2.45) is 0 Å². The van der Waals surface area contributed by atoms with Crippen molar-refractivity contribution in [2.75, 3.05) is 13.7 Å². The molecule has 0 aliphatic carbocycles. The van der Waals surface area contributed by atoms with Gasteiger partial charge in [0, 0.05) is 25.7 Å². The standard InChI is InChI=1S/C8H13NO3/c1-11-4-2-3-8-7(6-10)5-9-12-8/h5,10H,2-4,6H2,1H3. The minimum atomic E-state index is -0.00812. The van der Waals surface area contributed by atoms with Crippen LogP contribution in [0.2, 0.25) is 0 Å². The maximum Gasteiger partial charge on any atom is 0.142 e. The van der Waals surface area contributed by atoms with E-state index >= 15 is 0 Å². The van der Waals surface area contributed by atoms with E-state index in [2.05, 4.69) is 5.16 Å². The van der Waals surface area contributed by atoms with Gasteiger partial charge in [-0.2, -0.15) is 0 Å². The van der Waals surface area contributed by atoms with Gasteiger partial charge in [-0.15, -0.1) is 0 Å². The second kappa shape index (κ2) is 4.90. The fraction of sp³-hybridized carbons (Fsp3) is 0.625. The zero-order valence-corrected chi connectivity index (χ0v) is 7.12. The molecule has 1 aromatic rings. The van der Waals surface area contributed by atoms with Crippen molar-refractivity contribution in [2.45, 2.75) is 19.4 Å². The zero-order valence-electron chi connectivity index (χ0n) is 7.12. The number of ether oxygens (including phenoxy) is 1. The second-order valence-electron chi connectivity index (χ2n) is 2.53. The quantitative estimate of drug-likeness (QED) is 0.664. The lowest BCUT2D eigenvalue weighted by atomic mass is 10.2. The van der Waals surface area contributed by atoms with Crippen LogP contribution in [0.25, 0.3) is 0 Å². The van der Waals surface area contributed by atoms with E-state index in [1.807, 2.05) is 0 Å². The summed E-state index contributed by atoms with van der Waals surface area (Å²) < 4.78 is 9.83. The van der Waals surface area contributed by atoms with Gasteiger partial charge in [0.1, 0.15) is 5.76 Å². The predicted molar refractivity (Wildman–Crippen MR) is 42.6 cm³/mol. The summed E-state index contributed by atoms with van der Waals surface area (Å²) in [6.45, 7) is 0.692. The van der Waals surface area contributed by atoms with Gasteiger partial charge in [0.25, 0.3) is 0 Å². The SMILES string of the molecule is COCCCc1oncc1CO. The lowest BCUT2D eigenvalue weighted by molar-refractivity contribution is 0.191. The summed E-state index contributed by atoms with van der Waals surface area (Å²) >= 11 is 0. The molecule has 4 heteroatoms. The van der Waals surface area contributed by atoms with Crippen molar-refractivity contribution in [3.05, 3.63) is 17.5 Å². The fourth-order valence-corrected chi connectivity index (χ4v) is 0.996. The van der Waals surface area contributed by atoms with Gasteiger partial charge in [-0.05, 0) is 6.42 Å². The molecule has 1 aromatic heterocycles. The Bertz CT molecular complexity index is 222. The summed E-state index contributed by atoms with van der Waals surface area (Å²) in [6, 6.07) is 0. The van der Waals surface area contributed by atoms with Gasteiger partial charge in [-0.3, -0.25) is 0 Å². The zero-order chi connectivity index (χ0) is 8.81. The number of aliphatic hydroxyl groups excluding tert-OH is 1. The van der Waals surface area contributed by atoms with Crippen LogP contribution in [0.4, 0.5) is 0 Å². The van der Waals surface area contributed by atoms with E-state index in [1.54, 1.807) is 13.3 Å². The van der Waals surface area contributed by atoms with Crippen molar-refractivity contribution >= 4 is 0 Å². The molecule has 0 radical (unpaired) electrons. The summed E-state index contributed by atoms with van der Waals surface area (Å²) in [7, 11) is 1.66. The highest BCUT2D eigenvalue weighted by atomic mass is 16.5. The molecular formula is C8H13NO3. The normalized spacial score (nSPS) is 10.5. The third-order valence-corrected chi connectivity index (χ3v) is 1.65. The second-order valence-corrected chi connectivity index (χ2v) is 2.53. The predicted octanol–water partition coefficient (Wildman–Crippen LogP) is 0.746. The van der Waals surface area contributed by atoms with Gasteiger partial charge < -0.3 is 14.4 Å². The van der Waals surface area contributed by atoms with Crippen molar-refractivity contribution in [1.29, 1.82) is 0 Å². The van der Waals surface area contributed by atoms with Crippen LogP contribution in [-0.2, 0) is 17.8 Å². The van der Waals surface area contributed by atoms with E-state index in [0.717, 1.165) is 24.2 Å². The molecule has 1 N–H and O–H groups in total. The Hall–Kier alpha value is -0.870. The van der Waals surface area contributed by atoms with Gasteiger partial charge in [-0.25, -0.2) is 0 Å². The van der Waals surface area contributed by atoms with Gasteiger partial charge in [0.2, 0.25) is 0 Å². The molecule has 0 aliphatic rings. The molecule has 0 aromatic carbocycles. The molecule has 68 valence electrons. The molecule has 4 nitrogen and oxygen atoms in total. The number of nitrogens with zero attached hydrogens (tertiary/aromatic N) is 1. The van der Waals surface area contributed by atoms with Gasteiger partial charge in [0.15, 0.2) is 0 Å². The highest BCUT2D eigenvalue weighted by Gasteiger charge is 2.05. The fourth-order valence-electron chi connectivity index (χ4n) is 0.996. The Morgan fingerprint density at radius 1 is 1.67 bits per heavy atom. The van der Waals surface area contributed by atoms with Crippen molar-refractivity contribution in [1.82, 2.24) is 5.16 Å². The molecule has 0 bridgehead atoms. The van der Waals surface area contributed by atoms with E-state index in [0.29, 0.717) is 6.61 Å². The number of rotatable bonds is 5. The molecule has 0 saturated carbocycles. The number of aromatic nitrogens is 1. The highest BCUT2D eigenvalue weighted by Crippen LogP contribution is 2.09. The Balaban J connectivity index is 2.39.